The number of sulfonamides is 1. The molecule has 0 amide bonds. The fraction of sp³-hybridized carbons (Fsp3) is 0.240. The van der Waals surface area contributed by atoms with Crippen LogP contribution in [0.4, 0.5) is 11.6 Å². The number of aromatic hydroxyl groups is 1. The van der Waals surface area contributed by atoms with Gasteiger partial charge in [0.05, 0.1) is 15.4 Å². The van der Waals surface area contributed by atoms with E-state index in [1.54, 1.807) is 30.3 Å². The number of hydrogen-bond donors (Lipinski definition) is 2. The second kappa shape index (κ2) is 9.62. The molecule has 5 rings (SSSR count). The maximum atomic E-state index is 13.1. The van der Waals surface area contributed by atoms with Gasteiger partial charge in [-0.3, -0.25) is 0 Å². The molecule has 1 aliphatic heterocycles. The fourth-order valence-electron chi connectivity index (χ4n) is 4.20. The quantitative estimate of drug-likeness (QED) is 0.402. The molecule has 0 aliphatic carbocycles. The lowest BCUT2D eigenvalue weighted by atomic mass is 10.0. The Morgan fingerprint density at radius 1 is 1.00 bits per heavy atom. The van der Waals surface area contributed by atoms with Crippen LogP contribution in [0.1, 0.15) is 5.56 Å². The van der Waals surface area contributed by atoms with Gasteiger partial charge in [0, 0.05) is 37.4 Å². The third-order valence-corrected chi connectivity index (χ3v) is 8.52. The number of likely N-dealkylation sites (N-methyl/N-ethyl adjacent to an activating group) is 1. The molecule has 0 radical (unpaired) electrons. The molecular formula is C25H25ClN6O3S. The van der Waals surface area contributed by atoms with E-state index in [-0.39, 0.29) is 21.6 Å². The highest BCUT2D eigenvalue weighted by atomic mass is 35.5. The first-order valence-electron chi connectivity index (χ1n) is 11.4. The first kappa shape index (κ1) is 24.4. The second-order valence-electron chi connectivity index (χ2n) is 8.80. The molecule has 36 heavy (non-hydrogen) atoms. The molecule has 9 nitrogen and oxygen atoms in total. The van der Waals surface area contributed by atoms with Crippen molar-refractivity contribution in [3.63, 3.8) is 0 Å². The van der Waals surface area contributed by atoms with E-state index >= 15 is 0 Å². The molecule has 0 atom stereocenters. The summed E-state index contributed by atoms with van der Waals surface area (Å²) in [5.41, 5.74) is 4.09. The van der Waals surface area contributed by atoms with Crippen LogP contribution >= 0.6 is 11.6 Å². The third-order valence-electron chi connectivity index (χ3n) is 6.23. The molecule has 3 aromatic carbocycles. The lowest BCUT2D eigenvalue weighted by Gasteiger charge is -2.31. The van der Waals surface area contributed by atoms with Crippen molar-refractivity contribution in [3.05, 3.63) is 65.2 Å². The van der Waals surface area contributed by atoms with Crippen LogP contribution in [0.15, 0.2) is 59.5 Å². The van der Waals surface area contributed by atoms with Crippen molar-refractivity contribution in [3.8, 4) is 16.9 Å². The molecule has 1 aromatic heterocycles. The maximum absolute atomic E-state index is 13.1. The lowest BCUT2D eigenvalue weighted by Crippen LogP contribution is -2.47. The summed E-state index contributed by atoms with van der Waals surface area (Å²) in [5.74, 6) is 0.260. The summed E-state index contributed by atoms with van der Waals surface area (Å²) in [6.45, 7) is 4.23. The van der Waals surface area contributed by atoms with Gasteiger partial charge in [-0.25, -0.2) is 13.4 Å². The molecule has 0 spiro atoms. The summed E-state index contributed by atoms with van der Waals surface area (Å²) >= 11 is 6.29. The zero-order valence-electron chi connectivity index (χ0n) is 19.8. The smallest absolute Gasteiger partial charge is 0.247 e. The number of fused-ring (bicyclic) bond motifs is 1. The van der Waals surface area contributed by atoms with E-state index in [0.717, 1.165) is 11.1 Å². The Morgan fingerprint density at radius 2 is 1.75 bits per heavy atom. The van der Waals surface area contributed by atoms with Gasteiger partial charge in [-0.05, 0) is 61.5 Å². The molecule has 1 aliphatic rings. The molecule has 0 saturated carbocycles. The van der Waals surface area contributed by atoms with Crippen LogP contribution < -0.4 is 5.32 Å². The summed E-state index contributed by atoms with van der Waals surface area (Å²) in [7, 11) is -1.62. The van der Waals surface area contributed by atoms with E-state index in [4.69, 9.17) is 11.6 Å². The number of phenols is 1. The number of aromatic nitrogens is 3. The highest BCUT2D eigenvalue weighted by molar-refractivity contribution is 7.89. The molecular weight excluding hydrogens is 500 g/mol. The fourth-order valence-corrected chi connectivity index (χ4v) is 5.91. The van der Waals surface area contributed by atoms with Crippen molar-refractivity contribution in [1.29, 1.82) is 0 Å². The van der Waals surface area contributed by atoms with Crippen molar-refractivity contribution >= 4 is 44.3 Å². The average Bonchev–Trinajstić information content (AvgIpc) is 2.86. The number of aryl methyl sites for hydroxylation is 1. The first-order valence-corrected chi connectivity index (χ1v) is 13.2. The summed E-state index contributed by atoms with van der Waals surface area (Å²) in [4.78, 5) is 6.93. The number of halogens is 1. The van der Waals surface area contributed by atoms with Gasteiger partial charge in [0.2, 0.25) is 16.0 Å². The van der Waals surface area contributed by atoms with E-state index in [2.05, 4.69) is 25.4 Å². The molecule has 1 saturated heterocycles. The second-order valence-corrected chi connectivity index (χ2v) is 11.1. The average molecular weight is 525 g/mol. The minimum atomic E-state index is -3.60. The molecule has 4 aromatic rings. The number of nitrogens with one attached hydrogen (secondary N) is 1. The molecule has 0 bridgehead atoms. The Balaban J connectivity index is 1.42. The van der Waals surface area contributed by atoms with Gasteiger partial charge < -0.3 is 15.3 Å². The summed E-state index contributed by atoms with van der Waals surface area (Å²) in [6, 6.07) is 15.4. The van der Waals surface area contributed by atoms with Gasteiger partial charge in [0.1, 0.15) is 11.3 Å². The predicted molar refractivity (Wildman–Crippen MR) is 140 cm³/mol. The van der Waals surface area contributed by atoms with Gasteiger partial charge >= 0.3 is 0 Å². The zero-order valence-corrected chi connectivity index (χ0v) is 21.4. The van der Waals surface area contributed by atoms with Crippen molar-refractivity contribution in [1.82, 2.24) is 24.4 Å². The largest absolute Gasteiger partial charge is 0.506 e. The minimum Gasteiger partial charge on any atom is -0.506 e. The number of hydrogen-bond acceptors (Lipinski definition) is 8. The van der Waals surface area contributed by atoms with Crippen LogP contribution in [0.25, 0.3) is 22.2 Å². The number of nitrogens with zero attached hydrogens (tertiary/aromatic N) is 5. The lowest BCUT2D eigenvalue weighted by molar-refractivity contribution is 0.222. The maximum Gasteiger partial charge on any atom is 0.247 e. The van der Waals surface area contributed by atoms with E-state index in [1.165, 1.54) is 10.4 Å². The van der Waals surface area contributed by atoms with E-state index < -0.39 is 10.0 Å². The highest BCUT2D eigenvalue weighted by Gasteiger charge is 2.27. The topological polar surface area (TPSA) is 112 Å². The Morgan fingerprint density at radius 3 is 2.53 bits per heavy atom. The molecule has 186 valence electrons. The monoisotopic (exact) mass is 524 g/mol. The minimum absolute atomic E-state index is 0.00698. The van der Waals surface area contributed by atoms with Crippen LogP contribution in [0.3, 0.4) is 0 Å². The van der Waals surface area contributed by atoms with Crippen LogP contribution in [-0.4, -0.2) is 71.1 Å². The van der Waals surface area contributed by atoms with Gasteiger partial charge in [-0.15, -0.1) is 10.2 Å². The van der Waals surface area contributed by atoms with Gasteiger partial charge in [0.15, 0.2) is 0 Å². The predicted octanol–water partition coefficient (Wildman–Crippen LogP) is 4.04. The van der Waals surface area contributed by atoms with Crippen molar-refractivity contribution < 1.29 is 13.5 Å². The number of phenolic OH excluding ortho intramolecular Hbond substituents is 1. The highest BCUT2D eigenvalue weighted by Crippen LogP contribution is 2.36. The van der Waals surface area contributed by atoms with Crippen LogP contribution in [0, 0.1) is 6.92 Å². The van der Waals surface area contributed by atoms with Gasteiger partial charge in [0.25, 0.3) is 0 Å². The number of piperazine rings is 1. The van der Waals surface area contributed by atoms with E-state index in [9.17, 15) is 13.5 Å². The molecule has 0 unspecified atom stereocenters. The van der Waals surface area contributed by atoms with E-state index in [0.29, 0.717) is 48.5 Å². The standard InChI is InChI=1S/C25H25ClN6O3S/c1-16-13-17(20-7-4-8-22(33)23(20)26)14-21-24(16)28-25(30-29-21)27-18-5-3-6-19(15-18)36(34,35)32-11-9-31(2)10-12-32/h3-8,13-15,33H,9-12H2,1-2H3,(H,27,28,30). The summed E-state index contributed by atoms with van der Waals surface area (Å²) in [6.07, 6.45) is 0. The summed E-state index contributed by atoms with van der Waals surface area (Å²) < 4.78 is 27.8. The Labute approximate surface area is 214 Å². The SMILES string of the molecule is Cc1cc(-c2cccc(O)c2Cl)cc2nnc(Nc3cccc(S(=O)(=O)N4CCN(C)CC4)c3)nc12. The Bertz CT molecular complexity index is 1560. The van der Waals surface area contributed by atoms with Crippen molar-refractivity contribution in [2.45, 2.75) is 11.8 Å². The van der Waals surface area contributed by atoms with Gasteiger partial charge in [-0.2, -0.15) is 4.31 Å². The summed E-state index contributed by atoms with van der Waals surface area (Å²) in [5, 5.41) is 21.8. The van der Waals surface area contributed by atoms with Crippen LogP contribution in [0.5, 0.6) is 5.75 Å². The molecule has 11 heteroatoms. The molecule has 1 fully saturated rings. The van der Waals surface area contributed by atoms with Crippen LogP contribution in [-0.2, 0) is 10.0 Å². The number of benzene rings is 3. The Kier molecular flexibility index (Phi) is 6.52. The third kappa shape index (κ3) is 4.72. The molecule has 2 N–H and O–H groups in total. The first-order chi connectivity index (χ1) is 17.2. The van der Waals surface area contributed by atoms with Crippen molar-refractivity contribution in [2.24, 2.45) is 0 Å². The van der Waals surface area contributed by atoms with E-state index in [1.807, 2.05) is 32.2 Å². The normalized spacial score (nSPS) is 15.3. The van der Waals surface area contributed by atoms with Gasteiger partial charge in [-0.1, -0.05) is 29.8 Å². The number of rotatable bonds is 5. The van der Waals surface area contributed by atoms with Crippen molar-refractivity contribution in [2.75, 3.05) is 38.5 Å². The molecule has 2 heterocycles. The zero-order chi connectivity index (χ0) is 25.4. The van der Waals surface area contributed by atoms with Crippen LogP contribution in [0.2, 0.25) is 5.02 Å². The number of anilines is 2. The Hall–Kier alpha value is -3.31.